The second kappa shape index (κ2) is 18.1. The second-order valence-electron chi connectivity index (χ2n) is 19.1. The van der Waals surface area contributed by atoms with Gasteiger partial charge in [-0.1, -0.05) is 231 Å². The van der Waals surface area contributed by atoms with Crippen LogP contribution in [0.4, 0.5) is 34.1 Å². The third kappa shape index (κ3) is 7.03. The molecule has 14 aromatic rings. The summed E-state index contributed by atoms with van der Waals surface area (Å²) < 4.78 is 0. The fourth-order valence-corrected chi connectivity index (χ4v) is 11.9. The maximum absolute atomic E-state index is 2.38. The highest BCUT2D eigenvalue weighted by molar-refractivity contribution is 6.31. The zero-order valence-electron chi connectivity index (χ0n) is 40.6. The van der Waals surface area contributed by atoms with Crippen LogP contribution in [0, 0.1) is 0 Å². The number of rotatable bonds is 9. The molecule has 0 atom stereocenters. The number of nitrogens with zero attached hydrogens (tertiary/aromatic N) is 2. The van der Waals surface area contributed by atoms with Crippen molar-refractivity contribution in [1.82, 2.24) is 0 Å². The molecule has 0 heterocycles. The van der Waals surface area contributed by atoms with Crippen LogP contribution >= 0.6 is 0 Å². The van der Waals surface area contributed by atoms with Crippen molar-refractivity contribution in [2.75, 3.05) is 9.80 Å². The largest absolute Gasteiger partial charge is 0.310 e. The van der Waals surface area contributed by atoms with Crippen molar-refractivity contribution in [2.24, 2.45) is 0 Å². The normalized spacial score (nSPS) is 11.5. The summed E-state index contributed by atoms with van der Waals surface area (Å²) >= 11 is 0. The third-order valence-corrected chi connectivity index (χ3v) is 15.0. The van der Waals surface area contributed by atoms with E-state index in [1.807, 2.05) is 0 Å². The van der Waals surface area contributed by atoms with Gasteiger partial charge in [0.2, 0.25) is 0 Å². The standard InChI is InChI=1S/C72H48N2/c1-5-25-49(26-6-1)73(50-27-7-2-8-28-50)67-47-45-65(53-33-13-15-35-55(53)67)69-57-37-17-21-41-61(57)71(62-42-22-18-38-58(62)69)72-63-43-23-19-39-59(63)70(60-40-20-24-44-64(60)72)66-46-48-68(56-36-16-14-34-54(56)66)74(51-29-9-3-10-30-51)52-31-11-4-12-32-52/h1-48H. The lowest BCUT2D eigenvalue weighted by molar-refractivity contribution is 1.30. The summed E-state index contributed by atoms with van der Waals surface area (Å²) in [5, 5.41) is 14.6. The van der Waals surface area contributed by atoms with Crippen LogP contribution in [-0.2, 0) is 0 Å². The first kappa shape index (κ1) is 43.1. The number of para-hydroxylation sites is 4. The average Bonchev–Trinajstić information content (AvgIpc) is 3.48. The molecule has 0 N–H and O–H groups in total. The van der Waals surface area contributed by atoms with E-state index in [1.165, 1.54) is 98.0 Å². The van der Waals surface area contributed by atoms with Gasteiger partial charge in [-0.2, -0.15) is 0 Å². The molecule has 0 aromatic heterocycles. The molecular weight excluding hydrogens is 893 g/mol. The van der Waals surface area contributed by atoms with Crippen molar-refractivity contribution in [3.8, 4) is 33.4 Å². The highest BCUT2D eigenvalue weighted by Gasteiger charge is 2.26. The van der Waals surface area contributed by atoms with Gasteiger partial charge in [0.05, 0.1) is 11.4 Å². The van der Waals surface area contributed by atoms with Gasteiger partial charge in [0, 0.05) is 33.5 Å². The van der Waals surface area contributed by atoms with E-state index in [2.05, 4.69) is 301 Å². The Labute approximate surface area is 430 Å². The molecule has 2 heteroatoms. The number of benzene rings is 14. The summed E-state index contributed by atoms with van der Waals surface area (Å²) in [6.07, 6.45) is 0. The molecule has 0 aliphatic heterocycles. The molecule has 346 valence electrons. The molecule has 74 heavy (non-hydrogen) atoms. The van der Waals surface area contributed by atoms with Crippen LogP contribution in [0.1, 0.15) is 0 Å². The molecule has 0 spiro atoms. The molecule has 0 fully saturated rings. The Hall–Kier alpha value is -9.76. The van der Waals surface area contributed by atoms with Gasteiger partial charge in [-0.05, 0) is 148 Å². The molecule has 0 amide bonds. The Morgan fingerprint density at radius 2 is 0.351 bits per heavy atom. The van der Waals surface area contributed by atoms with Crippen LogP contribution in [0.5, 0.6) is 0 Å². The molecule has 0 aliphatic rings. The van der Waals surface area contributed by atoms with Gasteiger partial charge in [0.1, 0.15) is 0 Å². The smallest absolute Gasteiger partial charge is 0.0540 e. The topological polar surface area (TPSA) is 6.48 Å². The first-order valence-electron chi connectivity index (χ1n) is 25.5. The van der Waals surface area contributed by atoms with Crippen LogP contribution in [0.25, 0.3) is 98.0 Å². The zero-order valence-corrected chi connectivity index (χ0v) is 40.6. The zero-order chi connectivity index (χ0) is 49.0. The summed E-state index contributed by atoms with van der Waals surface area (Å²) in [5.74, 6) is 0. The van der Waals surface area contributed by atoms with Crippen LogP contribution in [-0.4, -0.2) is 0 Å². The molecule has 0 bridgehead atoms. The quantitative estimate of drug-likeness (QED) is 0.133. The monoisotopic (exact) mass is 940 g/mol. The Morgan fingerprint density at radius 3 is 0.608 bits per heavy atom. The van der Waals surface area contributed by atoms with E-state index in [0.717, 1.165) is 34.1 Å². The maximum atomic E-state index is 2.38. The van der Waals surface area contributed by atoms with Crippen molar-refractivity contribution in [1.29, 1.82) is 0 Å². The minimum Gasteiger partial charge on any atom is -0.310 e. The minimum atomic E-state index is 1.12. The van der Waals surface area contributed by atoms with Crippen molar-refractivity contribution in [3.63, 3.8) is 0 Å². The lowest BCUT2D eigenvalue weighted by atomic mass is 9.80. The van der Waals surface area contributed by atoms with E-state index < -0.39 is 0 Å². The van der Waals surface area contributed by atoms with Crippen LogP contribution < -0.4 is 9.80 Å². The van der Waals surface area contributed by atoms with E-state index in [0.29, 0.717) is 0 Å². The summed E-state index contributed by atoms with van der Waals surface area (Å²) in [6, 6.07) is 106. The van der Waals surface area contributed by atoms with Gasteiger partial charge in [-0.3, -0.25) is 0 Å². The summed E-state index contributed by atoms with van der Waals surface area (Å²) in [5.41, 5.74) is 14.1. The molecule has 0 unspecified atom stereocenters. The Morgan fingerprint density at radius 1 is 0.149 bits per heavy atom. The fraction of sp³-hybridized carbons (Fsp3) is 0. The second-order valence-corrected chi connectivity index (χ2v) is 19.1. The molecule has 0 saturated carbocycles. The average molecular weight is 941 g/mol. The minimum absolute atomic E-state index is 1.12. The Balaban J connectivity index is 1.02. The third-order valence-electron chi connectivity index (χ3n) is 15.0. The van der Waals surface area contributed by atoms with Gasteiger partial charge < -0.3 is 9.80 Å². The number of fused-ring (bicyclic) bond motifs is 6. The van der Waals surface area contributed by atoms with Crippen LogP contribution in [0.15, 0.2) is 291 Å². The summed E-state index contributed by atoms with van der Waals surface area (Å²) in [6.45, 7) is 0. The van der Waals surface area contributed by atoms with E-state index in [1.54, 1.807) is 0 Å². The van der Waals surface area contributed by atoms with E-state index in [4.69, 9.17) is 0 Å². The van der Waals surface area contributed by atoms with E-state index in [-0.39, 0.29) is 0 Å². The highest BCUT2D eigenvalue weighted by Crippen LogP contribution is 2.53. The number of hydrogen-bond donors (Lipinski definition) is 0. The molecule has 0 saturated heterocycles. The molecular formula is C72H48N2. The van der Waals surface area contributed by atoms with Crippen molar-refractivity contribution in [2.45, 2.75) is 0 Å². The van der Waals surface area contributed by atoms with Crippen LogP contribution in [0.2, 0.25) is 0 Å². The molecule has 2 nitrogen and oxygen atoms in total. The fourth-order valence-electron chi connectivity index (χ4n) is 11.9. The first-order valence-corrected chi connectivity index (χ1v) is 25.5. The SMILES string of the molecule is c1ccc(N(c2ccccc2)c2ccc(-c3c4ccccc4c(-c4c5ccccc5c(-c5ccc(N(c6ccccc6)c6ccccc6)c6ccccc56)c5ccccc45)c4ccccc34)c3ccccc23)cc1. The van der Waals surface area contributed by atoms with Crippen LogP contribution in [0.3, 0.4) is 0 Å². The number of hydrogen-bond acceptors (Lipinski definition) is 2. The predicted octanol–water partition coefficient (Wildman–Crippen LogP) is 20.5. The molecule has 14 rings (SSSR count). The molecule has 0 aliphatic carbocycles. The first-order chi connectivity index (χ1) is 36.8. The van der Waals surface area contributed by atoms with Gasteiger partial charge in [0.15, 0.2) is 0 Å². The van der Waals surface area contributed by atoms with E-state index in [9.17, 15) is 0 Å². The molecule has 14 aromatic carbocycles. The predicted molar refractivity (Wildman–Crippen MR) is 317 cm³/mol. The van der Waals surface area contributed by atoms with Gasteiger partial charge in [0.25, 0.3) is 0 Å². The van der Waals surface area contributed by atoms with Gasteiger partial charge in [-0.15, -0.1) is 0 Å². The lowest BCUT2D eigenvalue weighted by Crippen LogP contribution is -2.10. The van der Waals surface area contributed by atoms with Crippen molar-refractivity contribution >= 4 is 98.8 Å². The Kier molecular flexibility index (Phi) is 10.6. The van der Waals surface area contributed by atoms with Crippen molar-refractivity contribution in [3.05, 3.63) is 291 Å². The van der Waals surface area contributed by atoms with Gasteiger partial charge >= 0.3 is 0 Å². The molecule has 0 radical (unpaired) electrons. The summed E-state index contributed by atoms with van der Waals surface area (Å²) in [4.78, 5) is 4.76. The van der Waals surface area contributed by atoms with Gasteiger partial charge in [-0.25, -0.2) is 0 Å². The number of anilines is 6. The maximum Gasteiger partial charge on any atom is 0.0540 e. The lowest BCUT2D eigenvalue weighted by Gasteiger charge is -2.28. The van der Waals surface area contributed by atoms with Crippen molar-refractivity contribution < 1.29 is 0 Å². The Bertz CT molecular complexity index is 3940. The van der Waals surface area contributed by atoms with E-state index >= 15 is 0 Å². The highest BCUT2D eigenvalue weighted by atomic mass is 15.1. The summed E-state index contributed by atoms with van der Waals surface area (Å²) in [7, 11) is 0.